The van der Waals surface area contributed by atoms with Crippen LogP contribution in [0.3, 0.4) is 0 Å². The largest absolute Gasteiger partial charge is 0.478 e. The summed E-state index contributed by atoms with van der Waals surface area (Å²) in [5.41, 5.74) is 2.99. The van der Waals surface area contributed by atoms with E-state index in [0.717, 1.165) is 11.1 Å². The second-order valence-corrected chi connectivity index (χ2v) is 5.44. The second kappa shape index (κ2) is 7.40. The molecule has 0 aliphatic rings. The lowest BCUT2D eigenvalue weighted by atomic mass is 10.1. The van der Waals surface area contributed by atoms with Gasteiger partial charge >= 0.3 is 11.9 Å². The third-order valence-electron chi connectivity index (χ3n) is 3.70. The van der Waals surface area contributed by atoms with Gasteiger partial charge in [-0.05, 0) is 35.9 Å². The van der Waals surface area contributed by atoms with E-state index in [-0.39, 0.29) is 11.1 Å². The van der Waals surface area contributed by atoms with Crippen molar-refractivity contribution in [3.8, 4) is 11.4 Å². The summed E-state index contributed by atoms with van der Waals surface area (Å²) in [6.07, 6.45) is 6.70. The number of rotatable bonds is 5. The van der Waals surface area contributed by atoms with Gasteiger partial charge in [-0.1, -0.05) is 30.4 Å². The summed E-state index contributed by atoms with van der Waals surface area (Å²) >= 11 is 0. The molecular formula is C20H14N2O4. The average molecular weight is 346 g/mol. The fraction of sp³-hybridized carbons (Fsp3) is 0. The minimum Gasteiger partial charge on any atom is -0.478 e. The molecule has 0 radical (unpaired) electrons. The summed E-state index contributed by atoms with van der Waals surface area (Å²) in [4.78, 5) is 30.6. The molecule has 26 heavy (non-hydrogen) atoms. The van der Waals surface area contributed by atoms with Gasteiger partial charge in [0.25, 0.3) is 0 Å². The number of carboxylic acids is 2. The van der Waals surface area contributed by atoms with Crippen LogP contribution in [-0.4, -0.2) is 32.1 Å². The monoisotopic (exact) mass is 346 g/mol. The number of pyridine rings is 2. The molecule has 1 aromatic carbocycles. The number of hydrogen-bond donors (Lipinski definition) is 2. The van der Waals surface area contributed by atoms with Crippen LogP contribution in [0, 0.1) is 0 Å². The smallest absolute Gasteiger partial charge is 0.335 e. The van der Waals surface area contributed by atoms with Gasteiger partial charge in [0, 0.05) is 18.0 Å². The Hall–Kier alpha value is -3.80. The molecule has 3 rings (SSSR count). The Morgan fingerprint density at radius 2 is 1.54 bits per heavy atom. The number of nitrogens with zero attached hydrogens (tertiary/aromatic N) is 2. The van der Waals surface area contributed by atoms with Crippen LogP contribution in [0.4, 0.5) is 0 Å². The third-order valence-corrected chi connectivity index (χ3v) is 3.70. The van der Waals surface area contributed by atoms with Crippen molar-refractivity contribution in [3.63, 3.8) is 0 Å². The Labute approximate surface area is 149 Å². The Balaban J connectivity index is 1.93. The van der Waals surface area contributed by atoms with Gasteiger partial charge in [-0.2, -0.15) is 0 Å². The average Bonchev–Trinajstić information content (AvgIpc) is 2.67. The third kappa shape index (κ3) is 3.81. The molecule has 2 aromatic heterocycles. The topological polar surface area (TPSA) is 100 Å². The number of aromatic nitrogens is 2. The SMILES string of the molecule is O=C(O)c1ccc(C=Cc2cccnc2-c2cc(C(=O)O)ccn2)cc1. The normalized spacial score (nSPS) is 10.8. The molecule has 0 bridgehead atoms. The highest BCUT2D eigenvalue weighted by Crippen LogP contribution is 2.22. The number of carboxylic acid groups (broad SMARTS) is 2. The summed E-state index contributed by atoms with van der Waals surface area (Å²) < 4.78 is 0. The van der Waals surface area contributed by atoms with Gasteiger partial charge in [0.15, 0.2) is 0 Å². The molecule has 3 aromatic rings. The van der Waals surface area contributed by atoms with E-state index in [2.05, 4.69) is 9.97 Å². The van der Waals surface area contributed by atoms with Gasteiger partial charge < -0.3 is 10.2 Å². The lowest BCUT2D eigenvalue weighted by Crippen LogP contribution is -1.98. The molecule has 2 heterocycles. The van der Waals surface area contributed by atoms with Crippen molar-refractivity contribution in [2.75, 3.05) is 0 Å². The molecule has 0 saturated heterocycles. The summed E-state index contributed by atoms with van der Waals surface area (Å²) in [7, 11) is 0. The van der Waals surface area contributed by atoms with Gasteiger partial charge in [-0.25, -0.2) is 9.59 Å². The van der Waals surface area contributed by atoms with E-state index in [9.17, 15) is 9.59 Å². The van der Waals surface area contributed by atoms with Crippen molar-refractivity contribution in [1.82, 2.24) is 9.97 Å². The Morgan fingerprint density at radius 3 is 2.23 bits per heavy atom. The van der Waals surface area contributed by atoms with Crippen LogP contribution in [0.5, 0.6) is 0 Å². The maximum Gasteiger partial charge on any atom is 0.335 e. The summed E-state index contributed by atoms with van der Waals surface area (Å²) in [6, 6.07) is 13.0. The van der Waals surface area contributed by atoms with Crippen molar-refractivity contribution in [1.29, 1.82) is 0 Å². The number of hydrogen-bond acceptors (Lipinski definition) is 4. The number of carbonyl (C=O) groups is 2. The highest BCUT2D eigenvalue weighted by atomic mass is 16.4. The van der Waals surface area contributed by atoms with Gasteiger partial charge in [0.1, 0.15) is 0 Å². The van der Waals surface area contributed by atoms with Crippen LogP contribution < -0.4 is 0 Å². The van der Waals surface area contributed by atoms with Crippen LogP contribution in [0.2, 0.25) is 0 Å². The van der Waals surface area contributed by atoms with E-state index in [4.69, 9.17) is 10.2 Å². The predicted octanol–water partition coefficient (Wildman–Crippen LogP) is 3.71. The standard InChI is InChI=1S/C20H14N2O4/c23-19(24)15-7-4-13(5-8-15)3-6-14-2-1-10-22-18(14)17-12-16(20(25)26)9-11-21-17/h1-12H,(H,23,24)(H,25,26). The van der Waals surface area contributed by atoms with E-state index >= 15 is 0 Å². The van der Waals surface area contributed by atoms with Crippen molar-refractivity contribution in [2.24, 2.45) is 0 Å². The lowest BCUT2D eigenvalue weighted by molar-refractivity contribution is 0.0686. The first-order valence-corrected chi connectivity index (χ1v) is 7.71. The molecule has 0 atom stereocenters. The Morgan fingerprint density at radius 1 is 0.808 bits per heavy atom. The van der Waals surface area contributed by atoms with Gasteiger partial charge in [0.05, 0.1) is 22.5 Å². The molecule has 2 N–H and O–H groups in total. The quantitative estimate of drug-likeness (QED) is 0.730. The van der Waals surface area contributed by atoms with E-state index in [1.807, 2.05) is 18.2 Å². The maximum atomic E-state index is 11.2. The van der Waals surface area contributed by atoms with Crippen molar-refractivity contribution >= 4 is 24.1 Å². The highest BCUT2D eigenvalue weighted by Gasteiger charge is 2.09. The lowest BCUT2D eigenvalue weighted by Gasteiger charge is -2.05. The second-order valence-electron chi connectivity index (χ2n) is 5.44. The van der Waals surface area contributed by atoms with Crippen molar-refractivity contribution < 1.29 is 19.8 Å². The van der Waals surface area contributed by atoms with Crippen LogP contribution in [0.25, 0.3) is 23.5 Å². The number of benzene rings is 1. The fourth-order valence-electron chi connectivity index (χ4n) is 2.38. The van der Waals surface area contributed by atoms with E-state index in [1.54, 1.807) is 24.4 Å². The maximum absolute atomic E-state index is 11.2. The molecule has 0 spiro atoms. The molecule has 0 unspecified atom stereocenters. The zero-order valence-electron chi connectivity index (χ0n) is 13.5. The first-order valence-electron chi connectivity index (χ1n) is 7.71. The predicted molar refractivity (Wildman–Crippen MR) is 96.8 cm³/mol. The Bertz CT molecular complexity index is 995. The zero-order chi connectivity index (χ0) is 18.5. The summed E-state index contributed by atoms with van der Waals surface area (Å²) in [5, 5.41) is 18.1. The molecule has 0 saturated carbocycles. The summed E-state index contributed by atoms with van der Waals surface area (Å²) in [6.45, 7) is 0. The van der Waals surface area contributed by atoms with Gasteiger partial charge in [-0.3, -0.25) is 9.97 Å². The van der Waals surface area contributed by atoms with Crippen LogP contribution in [0.1, 0.15) is 31.8 Å². The van der Waals surface area contributed by atoms with E-state index in [1.165, 1.54) is 30.5 Å². The first kappa shape index (κ1) is 17.0. The van der Waals surface area contributed by atoms with Crippen molar-refractivity contribution in [2.45, 2.75) is 0 Å². The van der Waals surface area contributed by atoms with Crippen LogP contribution in [0.15, 0.2) is 60.9 Å². The van der Waals surface area contributed by atoms with Gasteiger partial charge in [0.2, 0.25) is 0 Å². The van der Waals surface area contributed by atoms with Crippen LogP contribution in [-0.2, 0) is 0 Å². The molecule has 0 aliphatic carbocycles. The molecule has 0 fully saturated rings. The minimum absolute atomic E-state index is 0.139. The molecule has 6 nitrogen and oxygen atoms in total. The van der Waals surface area contributed by atoms with E-state index < -0.39 is 11.9 Å². The summed E-state index contributed by atoms with van der Waals surface area (Å²) in [5.74, 6) is -2.00. The molecule has 128 valence electrons. The minimum atomic E-state index is -1.03. The highest BCUT2D eigenvalue weighted by molar-refractivity contribution is 5.89. The Kier molecular flexibility index (Phi) is 4.85. The van der Waals surface area contributed by atoms with E-state index in [0.29, 0.717) is 11.4 Å². The fourth-order valence-corrected chi connectivity index (χ4v) is 2.38. The zero-order valence-corrected chi connectivity index (χ0v) is 13.5. The molecule has 6 heteroatoms. The number of aromatic carboxylic acids is 2. The molecular weight excluding hydrogens is 332 g/mol. The molecule has 0 aliphatic heterocycles. The van der Waals surface area contributed by atoms with Crippen LogP contribution >= 0.6 is 0 Å². The molecule has 0 amide bonds. The van der Waals surface area contributed by atoms with Gasteiger partial charge in [-0.15, -0.1) is 0 Å². The van der Waals surface area contributed by atoms with Crippen molar-refractivity contribution in [3.05, 3.63) is 83.2 Å². The first-order chi connectivity index (χ1) is 12.5.